The molecule has 0 saturated carbocycles. The van der Waals surface area contributed by atoms with Gasteiger partial charge in [-0.25, -0.2) is 4.68 Å². The van der Waals surface area contributed by atoms with Gasteiger partial charge in [-0.2, -0.15) is 5.10 Å². The van der Waals surface area contributed by atoms with E-state index in [1.54, 1.807) is 4.90 Å². The quantitative estimate of drug-likeness (QED) is 0.610. The van der Waals surface area contributed by atoms with E-state index in [1.807, 2.05) is 24.6 Å². The molecular formula is C25H46N4O2. The van der Waals surface area contributed by atoms with Crippen molar-refractivity contribution in [2.24, 2.45) is 11.3 Å². The molecule has 6 nitrogen and oxygen atoms in total. The average molecular weight is 435 g/mol. The number of hydrogen-bond acceptors (Lipinski definition) is 3. The van der Waals surface area contributed by atoms with E-state index in [0.29, 0.717) is 12.2 Å². The zero-order valence-electron chi connectivity index (χ0n) is 22.0. The van der Waals surface area contributed by atoms with Gasteiger partial charge < -0.3 is 10.2 Å². The molecule has 1 rings (SSSR count). The van der Waals surface area contributed by atoms with Crippen LogP contribution in [0.15, 0.2) is 6.07 Å². The van der Waals surface area contributed by atoms with Gasteiger partial charge in [-0.05, 0) is 52.4 Å². The predicted octanol–water partition coefficient (Wildman–Crippen LogP) is 5.57. The summed E-state index contributed by atoms with van der Waals surface area (Å²) in [5.74, 6) is 0.770. The molecule has 1 atom stereocenters. The Morgan fingerprint density at radius 3 is 2.00 bits per heavy atom. The van der Waals surface area contributed by atoms with E-state index in [4.69, 9.17) is 5.10 Å². The van der Waals surface area contributed by atoms with Crippen LogP contribution in [0.5, 0.6) is 0 Å². The van der Waals surface area contributed by atoms with Crippen LogP contribution in [0.2, 0.25) is 0 Å². The number of rotatable bonds is 7. The van der Waals surface area contributed by atoms with E-state index in [2.05, 4.69) is 74.6 Å². The van der Waals surface area contributed by atoms with E-state index in [-0.39, 0.29) is 46.7 Å². The molecule has 0 aliphatic rings. The Labute approximate surface area is 190 Å². The van der Waals surface area contributed by atoms with Gasteiger partial charge in [0.25, 0.3) is 0 Å². The first-order chi connectivity index (χ1) is 13.8. The minimum atomic E-state index is -0.276. The second-order valence-electron chi connectivity index (χ2n) is 12.5. The second-order valence-corrected chi connectivity index (χ2v) is 12.5. The second kappa shape index (κ2) is 9.74. The number of nitrogens with one attached hydrogen (secondary N) is 1. The molecule has 0 spiro atoms. The molecule has 178 valence electrons. The Balaban J connectivity index is 2.98. The standard InChI is InChI=1S/C25H46N4O2/c1-17(2)28(22(31)13-18(3)15-23(4,5)6)16-21(30)26-20-14-19(24(7,8)9)27-29(20)25(10,11)12/h14,17-18H,13,15-16H2,1-12H3,(H,26,30). The zero-order valence-corrected chi connectivity index (χ0v) is 22.0. The van der Waals surface area contributed by atoms with Crippen LogP contribution in [-0.4, -0.2) is 39.1 Å². The van der Waals surface area contributed by atoms with E-state index in [0.717, 1.165) is 12.1 Å². The summed E-state index contributed by atoms with van der Waals surface area (Å²) in [5, 5.41) is 7.76. The molecule has 0 bridgehead atoms. The van der Waals surface area contributed by atoms with Gasteiger partial charge in [-0.3, -0.25) is 9.59 Å². The van der Waals surface area contributed by atoms with Gasteiger partial charge in [0.05, 0.1) is 11.2 Å². The average Bonchev–Trinajstić information content (AvgIpc) is 2.94. The van der Waals surface area contributed by atoms with Gasteiger partial charge >= 0.3 is 0 Å². The summed E-state index contributed by atoms with van der Waals surface area (Å²) in [5.41, 5.74) is 0.697. The molecule has 0 saturated heterocycles. The van der Waals surface area contributed by atoms with Gasteiger partial charge in [0.2, 0.25) is 11.8 Å². The maximum absolute atomic E-state index is 13.0. The topological polar surface area (TPSA) is 67.2 Å². The number of hydrogen-bond donors (Lipinski definition) is 1. The molecule has 31 heavy (non-hydrogen) atoms. The van der Waals surface area contributed by atoms with Crippen LogP contribution in [-0.2, 0) is 20.5 Å². The summed E-state index contributed by atoms with van der Waals surface area (Å²) < 4.78 is 1.86. The Bertz CT molecular complexity index is 758. The van der Waals surface area contributed by atoms with Crippen molar-refractivity contribution in [2.75, 3.05) is 11.9 Å². The molecule has 0 aliphatic heterocycles. The lowest BCUT2D eigenvalue weighted by atomic mass is 9.84. The molecule has 1 aromatic heterocycles. The van der Waals surface area contributed by atoms with Crippen LogP contribution < -0.4 is 5.32 Å². The first kappa shape index (κ1) is 27.2. The van der Waals surface area contributed by atoms with Crippen molar-refractivity contribution in [1.29, 1.82) is 0 Å². The third-order valence-corrected chi connectivity index (χ3v) is 5.12. The number of amides is 2. The van der Waals surface area contributed by atoms with Crippen LogP contribution in [0.4, 0.5) is 5.82 Å². The highest BCUT2D eigenvalue weighted by Gasteiger charge is 2.28. The summed E-state index contributed by atoms with van der Waals surface area (Å²) in [6, 6.07) is 1.90. The fraction of sp³-hybridized carbons (Fsp3) is 0.800. The molecule has 6 heteroatoms. The van der Waals surface area contributed by atoms with E-state index in [9.17, 15) is 9.59 Å². The molecule has 0 fully saturated rings. The van der Waals surface area contributed by atoms with Crippen molar-refractivity contribution < 1.29 is 9.59 Å². The lowest BCUT2D eigenvalue weighted by Crippen LogP contribution is -2.43. The Hall–Kier alpha value is -1.85. The minimum absolute atomic E-state index is 0.0293. The summed E-state index contributed by atoms with van der Waals surface area (Å²) in [6.07, 6.45) is 1.42. The molecular weight excluding hydrogens is 388 g/mol. The van der Waals surface area contributed by atoms with Crippen LogP contribution >= 0.6 is 0 Å². The van der Waals surface area contributed by atoms with Crippen LogP contribution in [0, 0.1) is 11.3 Å². The highest BCUT2D eigenvalue weighted by molar-refractivity contribution is 5.94. The molecule has 0 aromatic carbocycles. The predicted molar refractivity (Wildman–Crippen MR) is 129 cm³/mol. The zero-order chi connectivity index (χ0) is 24.4. The SMILES string of the molecule is CC(CC(=O)N(CC(=O)Nc1cc(C(C)(C)C)nn1C(C)(C)C)C(C)C)CC(C)(C)C. The summed E-state index contributed by atoms with van der Waals surface area (Å²) >= 11 is 0. The Morgan fingerprint density at radius 1 is 1.03 bits per heavy atom. The van der Waals surface area contributed by atoms with Crippen molar-refractivity contribution in [1.82, 2.24) is 14.7 Å². The molecule has 1 aromatic rings. The van der Waals surface area contributed by atoms with Gasteiger partial charge in [0.15, 0.2) is 0 Å². The monoisotopic (exact) mass is 434 g/mol. The first-order valence-electron chi connectivity index (χ1n) is 11.5. The van der Waals surface area contributed by atoms with E-state index < -0.39 is 0 Å². The molecule has 1 heterocycles. The van der Waals surface area contributed by atoms with Crippen LogP contribution in [0.3, 0.4) is 0 Å². The molecule has 1 N–H and O–H groups in total. The highest BCUT2D eigenvalue weighted by Crippen LogP contribution is 2.29. The minimum Gasteiger partial charge on any atom is -0.331 e. The third kappa shape index (κ3) is 8.66. The number of carbonyl (C=O) groups is 2. The lowest BCUT2D eigenvalue weighted by molar-refractivity contribution is -0.137. The first-order valence-corrected chi connectivity index (χ1v) is 11.5. The Kier molecular flexibility index (Phi) is 8.54. The van der Waals surface area contributed by atoms with Gasteiger partial charge in [-0.1, -0.05) is 48.5 Å². The number of nitrogens with zero attached hydrogens (tertiary/aromatic N) is 3. The largest absolute Gasteiger partial charge is 0.331 e. The lowest BCUT2D eigenvalue weighted by Gasteiger charge is -2.29. The maximum Gasteiger partial charge on any atom is 0.245 e. The van der Waals surface area contributed by atoms with Crippen LogP contribution in [0.1, 0.15) is 102 Å². The fourth-order valence-electron chi connectivity index (χ4n) is 3.78. The Morgan fingerprint density at radius 2 is 1.58 bits per heavy atom. The molecule has 0 radical (unpaired) electrons. The maximum atomic E-state index is 13.0. The van der Waals surface area contributed by atoms with Crippen molar-refractivity contribution in [3.63, 3.8) is 0 Å². The van der Waals surface area contributed by atoms with E-state index >= 15 is 0 Å². The number of anilines is 1. The van der Waals surface area contributed by atoms with Crippen LogP contribution in [0.25, 0.3) is 0 Å². The van der Waals surface area contributed by atoms with Crippen molar-refractivity contribution in [3.8, 4) is 0 Å². The van der Waals surface area contributed by atoms with Crippen molar-refractivity contribution in [2.45, 2.75) is 113 Å². The normalized spacial score (nSPS) is 14.0. The van der Waals surface area contributed by atoms with Gasteiger partial charge in [-0.15, -0.1) is 0 Å². The summed E-state index contributed by atoms with van der Waals surface area (Å²) in [6.45, 7) is 25.1. The van der Waals surface area contributed by atoms with Gasteiger partial charge in [0.1, 0.15) is 12.4 Å². The number of carbonyl (C=O) groups excluding carboxylic acids is 2. The molecule has 2 amide bonds. The smallest absolute Gasteiger partial charge is 0.245 e. The highest BCUT2D eigenvalue weighted by atomic mass is 16.2. The molecule has 1 unspecified atom stereocenters. The van der Waals surface area contributed by atoms with Crippen molar-refractivity contribution in [3.05, 3.63) is 11.8 Å². The van der Waals surface area contributed by atoms with E-state index in [1.165, 1.54) is 0 Å². The van der Waals surface area contributed by atoms with Crippen molar-refractivity contribution >= 4 is 17.6 Å². The number of aromatic nitrogens is 2. The summed E-state index contributed by atoms with van der Waals surface area (Å²) in [7, 11) is 0. The third-order valence-electron chi connectivity index (χ3n) is 5.12. The fourth-order valence-corrected chi connectivity index (χ4v) is 3.78. The van der Waals surface area contributed by atoms with Gasteiger partial charge in [0, 0.05) is 23.9 Å². The summed E-state index contributed by atoms with van der Waals surface area (Å²) in [4.78, 5) is 27.6. The molecule has 0 aliphatic carbocycles.